The third-order valence-corrected chi connectivity index (χ3v) is 4.64. The molecule has 138 valence electrons. The molecule has 0 unspecified atom stereocenters. The standard InChI is InChI=1S/C20H26N4OS/c1-13(2)11-16-18(14-5-7-15(25-3)8-6-14)17(12-21)19(22)24-20(16)23-9-10-26-4/h5-8,13H,9-11H2,1-4H3,(H3,22,23,24). The fourth-order valence-corrected chi connectivity index (χ4v) is 3.16. The Bertz CT molecular complexity index is 782. The minimum atomic E-state index is 0.262. The number of nitriles is 1. The van der Waals surface area contributed by atoms with Crippen molar-refractivity contribution in [1.29, 1.82) is 5.26 Å². The first kappa shape index (κ1) is 19.9. The Morgan fingerprint density at radius 3 is 2.54 bits per heavy atom. The van der Waals surface area contributed by atoms with Crippen LogP contribution in [0.5, 0.6) is 5.75 Å². The number of nitrogen functional groups attached to an aromatic ring is 1. The molecule has 0 saturated heterocycles. The predicted octanol–water partition coefficient (Wildman–Crippen LogP) is 4.18. The lowest BCUT2D eigenvalue weighted by Gasteiger charge is -2.20. The van der Waals surface area contributed by atoms with E-state index in [4.69, 9.17) is 10.5 Å². The van der Waals surface area contributed by atoms with Gasteiger partial charge in [-0.2, -0.15) is 17.0 Å². The van der Waals surface area contributed by atoms with E-state index < -0.39 is 0 Å². The van der Waals surface area contributed by atoms with E-state index >= 15 is 0 Å². The largest absolute Gasteiger partial charge is 0.497 e. The summed E-state index contributed by atoms with van der Waals surface area (Å²) in [6, 6.07) is 9.96. The van der Waals surface area contributed by atoms with E-state index in [1.54, 1.807) is 18.9 Å². The number of hydrogen-bond acceptors (Lipinski definition) is 6. The molecule has 3 N–H and O–H groups in total. The summed E-state index contributed by atoms with van der Waals surface area (Å²) in [6.07, 6.45) is 2.88. The number of thioether (sulfide) groups is 1. The van der Waals surface area contributed by atoms with Gasteiger partial charge in [-0.25, -0.2) is 4.98 Å². The van der Waals surface area contributed by atoms with Gasteiger partial charge in [-0.3, -0.25) is 0 Å². The number of nitrogens with zero attached hydrogens (tertiary/aromatic N) is 2. The van der Waals surface area contributed by atoms with Crippen molar-refractivity contribution < 1.29 is 4.74 Å². The molecule has 0 aliphatic carbocycles. The lowest BCUT2D eigenvalue weighted by molar-refractivity contribution is 0.415. The summed E-state index contributed by atoms with van der Waals surface area (Å²) >= 11 is 1.77. The van der Waals surface area contributed by atoms with E-state index in [9.17, 15) is 5.26 Å². The van der Waals surface area contributed by atoms with Crippen molar-refractivity contribution in [2.24, 2.45) is 5.92 Å². The first-order valence-corrected chi connectivity index (χ1v) is 10.0. The third-order valence-electron chi connectivity index (χ3n) is 4.03. The summed E-state index contributed by atoms with van der Waals surface area (Å²) < 4.78 is 5.25. The van der Waals surface area contributed by atoms with Crippen LogP contribution in [0.15, 0.2) is 24.3 Å². The highest BCUT2D eigenvalue weighted by Crippen LogP contribution is 2.36. The van der Waals surface area contributed by atoms with Crippen LogP contribution in [-0.4, -0.2) is 30.6 Å². The molecule has 26 heavy (non-hydrogen) atoms. The van der Waals surface area contributed by atoms with Crippen molar-refractivity contribution >= 4 is 23.4 Å². The molecule has 1 aromatic heterocycles. The Morgan fingerprint density at radius 1 is 1.31 bits per heavy atom. The highest BCUT2D eigenvalue weighted by Gasteiger charge is 2.20. The van der Waals surface area contributed by atoms with Gasteiger partial charge >= 0.3 is 0 Å². The third kappa shape index (κ3) is 4.61. The van der Waals surface area contributed by atoms with E-state index in [2.05, 4.69) is 36.5 Å². The van der Waals surface area contributed by atoms with Crippen LogP contribution in [0.3, 0.4) is 0 Å². The lowest BCUT2D eigenvalue weighted by Crippen LogP contribution is -2.13. The number of benzene rings is 1. The van der Waals surface area contributed by atoms with Gasteiger partial charge in [-0.05, 0) is 36.3 Å². The van der Waals surface area contributed by atoms with Crippen LogP contribution in [0.4, 0.5) is 11.6 Å². The molecule has 0 aliphatic rings. The highest BCUT2D eigenvalue weighted by molar-refractivity contribution is 7.98. The molecule has 1 aromatic carbocycles. The quantitative estimate of drug-likeness (QED) is 0.678. The average molecular weight is 371 g/mol. The first-order chi connectivity index (χ1) is 12.5. The number of anilines is 2. The molecule has 0 atom stereocenters. The van der Waals surface area contributed by atoms with E-state index in [1.807, 2.05) is 24.3 Å². The molecule has 5 nitrogen and oxygen atoms in total. The molecule has 0 fully saturated rings. The second-order valence-electron chi connectivity index (χ2n) is 6.43. The fourth-order valence-electron chi connectivity index (χ4n) is 2.86. The molecule has 6 heteroatoms. The van der Waals surface area contributed by atoms with Gasteiger partial charge in [0, 0.05) is 23.4 Å². The van der Waals surface area contributed by atoms with Gasteiger partial charge in [0.25, 0.3) is 0 Å². The zero-order chi connectivity index (χ0) is 19.1. The van der Waals surface area contributed by atoms with Crippen molar-refractivity contribution in [3.63, 3.8) is 0 Å². The summed E-state index contributed by atoms with van der Waals surface area (Å²) in [5.41, 5.74) is 9.41. The number of hydrogen-bond donors (Lipinski definition) is 2. The fraction of sp³-hybridized carbons (Fsp3) is 0.400. The number of pyridine rings is 1. The number of ether oxygens (including phenoxy) is 1. The number of rotatable bonds is 8. The maximum atomic E-state index is 9.71. The van der Waals surface area contributed by atoms with Crippen LogP contribution in [0.2, 0.25) is 0 Å². The Morgan fingerprint density at radius 2 is 2.00 bits per heavy atom. The number of aromatic nitrogens is 1. The SMILES string of the molecule is COc1ccc(-c2c(C#N)c(N)nc(NCCSC)c2CC(C)C)cc1. The van der Waals surface area contributed by atoms with Crippen molar-refractivity contribution in [2.45, 2.75) is 20.3 Å². The van der Waals surface area contributed by atoms with Gasteiger partial charge in [0.05, 0.1) is 7.11 Å². The number of nitrogens with one attached hydrogen (secondary N) is 1. The summed E-state index contributed by atoms with van der Waals surface area (Å²) in [6.45, 7) is 5.12. The molecule has 0 radical (unpaired) electrons. The summed E-state index contributed by atoms with van der Waals surface area (Å²) in [4.78, 5) is 4.50. The van der Waals surface area contributed by atoms with Crippen LogP contribution in [0, 0.1) is 17.2 Å². The summed E-state index contributed by atoms with van der Waals surface area (Å²) in [5.74, 6) is 3.20. The summed E-state index contributed by atoms with van der Waals surface area (Å²) in [7, 11) is 1.64. The van der Waals surface area contributed by atoms with Crippen molar-refractivity contribution in [3.05, 3.63) is 35.4 Å². The molecular formula is C20H26N4OS. The molecule has 0 bridgehead atoms. The predicted molar refractivity (Wildman–Crippen MR) is 111 cm³/mol. The van der Waals surface area contributed by atoms with Gasteiger partial charge in [0.15, 0.2) is 0 Å². The van der Waals surface area contributed by atoms with E-state index in [-0.39, 0.29) is 5.82 Å². The molecule has 2 aromatic rings. The van der Waals surface area contributed by atoms with Crippen LogP contribution in [0.25, 0.3) is 11.1 Å². The number of nitrogens with two attached hydrogens (primary N) is 1. The molecule has 0 spiro atoms. The van der Waals surface area contributed by atoms with Crippen molar-refractivity contribution in [1.82, 2.24) is 4.98 Å². The zero-order valence-corrected chi connectivity index (χ0v) is 16.6. The Hall–Kier alpha value is -2.39. The van der Waals surface area contributed by atoms with Gasteiger partial charge in [-0.1, -0.05) is 26.0 Å². The van der Waals surface area contributed by atoms with Crippen LogP contribution >= 0.6 is 11.8 Å². The Kier molecular flexibility index (Phi) is 7.16. The van der Waals surface area contributed by atoms with Crippen LogP contribution < -0.4 is 15.8 Å². The minimum absolute atomic E-state index is 0.262. The van der Waals surface area contributed by atoms with Gasteiger partial charge in [-0.15, -0.1) is 0 Å². The van der Waals surface area contributed by atoms with E-state index in [1.165, 1.54) is 0 Å². The highest BCUT2D eigenvalue weighted by atomic mass is 32.2. The molecule has 0 saturated carbocycles. The molecular weight excluding hydrogens is 344 g/mol. The molecule has 0 amide bonds. The smallest absolute Gasteiger partial charge is 0.144 e. The minimum Gasteiger partial charge on any atom is -0.497 e. The number of methoxy groups -OCH3 is 1. The van der Waals surface area contributed by atoms with Gasteiger partial charge in [0.1, 0.15) is 29.0 Å². The van der Waals surface area contributed by atoms with Crippen molar-refractivity contribution in [2.75, 3.05) is 36.7 Å². The second kappa shape index (κ2) is 9.35. The van der Waals surface area contributed by atoms with E-state index in [0.717, 1.165) is 47.0 Å². The lowest BCUT2D eigenvalue weighted by atomic mass is 9.90. The molecule has 2 rings (SSSR count). The van der Waals surface area contributed by atoms with Crippen LogP contribution in [-0.2, 0) is 6.42 Å². The first-order valence-electron chi connectivity index (χ1n) is 8.61. The monoisotopic (exact) mass is 370 g/mol. The van der Waals surface area contributed by atoms with Gasteiger partial charge in [0.2, 0.25) is 0 Å². The molecule has 0 aliphatic heterocycles. The maximum absolute atomic E-state index is 9.71. The van der Waals surface area contributed by atoms with Crippen LogP contribution in [0.1, 0.15) is 25.0 Å². The molecule has 1 heterocycles. The Balaban J connectivity index is 2.65. The average Bonchev–Trinajstić information content (AvgIpc) is 2.63. The Labute approximate surface area is 160 Å². The second-order valence-corrected chi connectivity index (χ2v) is 7.42. The maximum Gasteiger partial charge on any atom is 0.144 e. The zero-order valence-electron chi connectivity index (χ0n) is 15.8. The van der Waals surface area contributed by atoms with Gasteiger partial charge < -0.3 is 15.8 Å². The van der Waals surface area contributed by atoms with Crippen molar-refractivity contribution in [3.8, 4) is 22.9 Å². The topological polar surface area (TPSA) is 84.0 Å². The van der Waals surface area contributed by atoms with E-state index in [0.29, 0.717) is 11.5 Å². The summed E-state index contributed by atoms with van der Waals surface area (Å²) in [5, 5.41) is 13.1. The normalized spacial score (nSPS) is 10.6.